The molecule has 0 fully saturated rings. The van der Waals surface area contributed by atoms with E-state index in [1.54, 1.807) is 31.5 Å². The predicted molar refractivity (Wildman–Crippen MR) is 103 cm³/mol. The minimum atomic E-state index is -0.513. The van der Waals surface area contributed by atoms with Crippen molar-refractivity contribution in [3.8, 4) is 5.75 Å². The topological polar surface area (TPSA) is 112 Å². The van der Waals surface area contributed by atoms with Gasteiger partial charge in [0.05, 0.1) is 5.56 Å². The van der Waals surface area contributed by atoms with E-state index in [9.17, 15) is 14.3 Å². The maximum atomic E-state index is 13.5. The van der Waals surface area contributed by atoms with Crippen LogP contribution >= 0.6 is 0 Å². The Hall–Kier alpha value is -3.48. The highest BCUT2D eigenvalue weighted by Crippen LogP contribution is 2.26. The number of pyridine rings is 1. The van der Waals surface area contributed by atoms with E-state index in [-0.39, 0.29) is 41.2 Å². The standard InChI is InChI=1S/C20H21FN4O2/c1-2-4-14(21)6-7-17(22)15-9-16(19(26)10-18(15)23)20(27)25-12-13-5-3-8-24-11-13/h2-6,8-11,22,26H,7,12,23H2,1H3,(H,25,27)/b4-2-,14-6+,22-17?. The molecule has 0 saturated heterocycles. The number of aromatic nitrogens is 1. The SMILES string of the molecule is C/C=C\C(F)=C/CC(=N)c1cc(C(=O)NCc2cccnc2)c(O)cc1N. The number of nitrogen functional groups attached to an aromatic ring is 1. The molecule has 6 nitrogen and oxygen atoms in total. The van der Waals surface area contributed by atoms with Crippen molar-refractivity contribution in [2.45, 2.75) is 19.9 Å². The second-order valence-corrected chi connectivity index (χ2v) is 5.77. The molecule has 0 spiro atoms. The number of nitrogens with two attached hydrogens (primary N) is 1. The highest BCUT2D eigenvalue weighted by atomic mass is 19.1. The van der Waals surface area contributed by atoms with Crippen LogP contribution in [-0.4, -0.2) is 21.7 Å². The first-order valence-corrected chi connectivity index (χ1v) is 8.28. The smallest absolute Gasteiger partial charge is 0.255 e. The monoisotopic (exact) mass is 368 g/mol. The number of rotatable bonds is 7. The highest BCUT2D eigenvalue weighted by molar-refractivity contribution is 6.07. The summed E-state index contributed by atoms with van der Waals surface area (Å²) < 4.78 is 13.5. The molecule has 0 aliphatic heterocycles. The van der Waals surface area contributed by atoms with Crippen molar-refractivity contribution in [3.05, 3.63) is 77.4 Å². The van der Waals surface area contributed by atoms with Gasteiger partial charge in [0, 0.05) is 48.4 Å². The largest absolute Gasteiger partial charge is 0.507 e. The Morgan fingerprint density at radius 3 is 2.85 bits per heavy atom. The molecule has 0 saturated carbocycles. The first kappa shape index (κ1) is 19.8. The van der Waals surface area contributed by atoms with E-state index in [0.29, 0.717) is 0 Å². The lowest BCUT2D eigenvalue weighted by Crippen LogP contribution is -2.23. The number of carbonyl (C=O) groups is 1. The molecule has 2 aromatic rings. The highest BCUT2D eigenvalue weighted by Gasteiger charge is 2.16. The fourth-order valence-electron chi connectivity index (χ4n) is 2.36. The lowest BCUT2D eigenvalue weighted by molar-refractivity contribution is 0.0948. The second kappa shape index (κ2) is 9.28. The molecule has 0 bridgehead atoms. The van der Waals surface area contributed by atoms with Gasteiger partial charge in [-0.05, 0) is 36.8 Å². The van der Waals surface area contributed by atoms with E-state index in [1.807, 2.05) is 6.07 Å². The molecule has 27 heavy (non-hydrogen) atoms. The number of nitrogens with zero attached hydrogens (tertiary/aromatic N) is 1. The van der Waals surface area contributed by atoms with Crippen LogP contribution in [0.3, 0.4) is 0 Å². The zero-order valence-corrected chi connectivity index (χ0v) is 14.9. The van der Waals surface area contributed by atoms with Gasteiger partial charge < -0.3 is 21.6 Å². The second-order valence-electron chi connectivity index (χ2n) is 5.77. The third kappa shape index (κ3) is 5.50. The molecule has 2 rings (SSSR count). The van der Waals surface area contributed by atoms with Gasteiger partial charge in [0.1, 0.15) is 11.6 Å². The molecule has 0 aliphatic carbocycles. The number of nitrogens with one attached hydrogen (secondary N) is 2. The number of benzene rings is 1. The number of halogens is 1. The molecule has 5 N–H and O–H groups in total. The maximum Gasteiger partial charge on any atom is 0.255 e. The Bertz CT molecular complexity index is 892. The minimum absolute atomic E-state index is 0.00188. The van der Waals surface area contributed by atoms with Gasteiger partial charge in [0.25, 0.3) is 5.91 Å². The molecule has 1 amide bonds. The van der Waals surface area contributed by atoms with Gasteiger partial charge in [-0.1, -0.05) is 12.1 Å². The van der Waals surface area contributed by atoms with Gasteiger partial charge in [0.2, 0.25) is 0 Å². The van der Waals surface area contributed by atoms with Crippen LogP contribution in [0, 0.1) is 5.41 Å². The summed E-state index contributed by atoms with van der Waals surface area (Å²) in [6.07, 6.45) is 7.33. The molecule has 140 valence electrons. The Morgan fingerprint density at radius 2 is 2.19 bits per heavy atom. The molecule has 7 heteroatoms. The molecule has 1 aromatic carbocycles. The summed E-state index contributed by atoms with van der Waals surface area (Å²) in [6, 6.07) is 6.12. The molecular formula is C20H21FN4O2. The van der Waals surface area contributed by atoms with Crippen LogP contribution in [0.5, 0.6) is 5.75 Å². The summed E-state index contributed by atoms with van der Waals surface area (Å²) >= 11 is 0. The number of amides is 1. The zero-order valence-electron chi connectivity index (χ0n) is 14.9. The van der Waals surface area contributed by atoms with E-state index >= 15 is 0 Å². The van der Waals surface area contributed by atoms with Crippen LogP contribution < -0.4 is 11.1 Å². The predicted octanol–water partition coefficient (Wildman–Crippen LogP) is 3.49. The number of hydrogen-bond donors (Lipinski definition) is 4. The average molecular weight is 368 g/mol. The quantitative estimate of drug-likeness (QED) is 0.340. The van der Waals surface area contributed by atoms with Crippen molar-refractivity contribution in [2.24, 2.45) is 0 Å². The summed E-state index contributed by atoms with van der Waals surface area (Å²) in [5, 5.41) is 20.8. The van der Waals surface area contributed by atoms with Gasteiger partial charge >= 0.3 is 0 Å². The molecule has 0 aliphatic rings. The van der Waals surface area contributed by atoms with Crippen molar-refractivity contribution in [1.29, 1.82) is 5.41 Å². The van der Waals surface area contributed by atoms with Crippen LogP contribution in [0.25, 0.3) is 0 Å². The molecular weight excluding hydrogens is 347 g/mol. The lowest BCUT2D eigenvalue weighted by atomic mass is 10.0. The number of phenols is 1. The summed E-state index contributed by atoms with van der Waals surface area (Å²) in [5.41, 5.74) is 7.09. The van der Waals surface area contributed by atoms with Crippen LogP contribution in [-0.2, 0) is 6.54 Å². The van der Waals surface area contributed by atoms with Crippen LogP contribution in [0.4, 0.5) is 10.1 Å². The fraction of sp³-hybridized carbons (Fsp3) is 0.150. The van der Waals surface area contributed by atoms with Crippen LogP contribution in [0.15, 0.2) is 60.7 Å². The molecule has 1 heterocycles. The maximum absolute atomic E-state index is 13.5. The minimum Gasteiger partial charge on any atom is -0.507 e. The molecule has 0 radical (unpaired) electrons. The van der Waals surface area contributed by atoms with Gasteiger partial charge in [-0.15, -0.1) is 0 Å². The molecule has 0 atom stereocenters. The molecule has 1 aromatic heterocycles. The number of phenolic OH excluding ortho intramolecular Hbond substituents is 1. The van der Waals surface area contributed by atoms with E-state index < -0.39 is 11.7 Å². The van der Waals surface area contributed by atoms with E-state index in [2.05, 4.69) is 10.3 Å². The lowest BCUT2D eigenvalue weighted by Gasteiger charge is -2.12. The van der Waals surface area contributed by atoms with Crippen molar-refractivity contribution in [2.75, 3.05) is 5.73 Å². The Balaban J connectivity index is 2.18. The zero-order chi connectivity index (χ0) is 19.8. The van der Waals surface area contributed by atoms with Gasteiger partial charge in [0.15, 0.2) is 0 Å². The van der Waals surface area contributed by atoms with Crippen molar-refractivity contribution >= 4 is 17.3 Å². The van der Waals surface area contributed by atoms with Gasteiger partial charge in [-0.25, -0.2) is 4.39 Å². The van der Waals surface area contributed by atoms with Crippen molar-refractivity contribution in [3.63, 3.8) is 0 Å². The van der Waals surface area contributed by atoms with Crippen molar-refractivity contribution < 1.29 is 14.3 Å². The number of anilines is 1. The van der Waals surface area contributed by atoms with E-state index in [0.717, 1.165) is 5.56 Å². The summed E-state index contributed by atoms with van der Waals surface area (Å²) in [4.78, 5) is 16.4. The van der Waals surface area contributed by atoms with Crippen molar-refractivity contribution in [1.82, 2.24) is 10.3 Å². The Morgan fingerprint density at radius 1 is 1.41 bits per heavy atom. The first-order chi connectivity index (χ1) is 12.9. The fourth-order valence-corrected chi connectivity index (χ4v) is 2.36. The Kier molecular flexibility index (Phi) is 6.82. The molecule has 0 unspecified atom stereocenters. The van der Waals surface area contributed by atoms with Crippen LogP contribution in [0.1, 0.15) is 34.8 Å². The van der Waals surface area contributed by atoms with E-state index in [4.69, 9.17) is 11.1 Å². The van der Waals surface area contributed by atoms with Gasteiger partial charge in [-0.3, -0.25) is 9.78 Å². The third-order valence-electron chi connectivity index (χ3n) is 3.74. The number of carbonyl (C=O) groups excluding carboxylic acids is 1. The van der Waals surface area contributed by atoms with Gasteiger partial charge in [-0.2, -0.15) is 0 Å². The van der Waals surface area contributed by atoms with E-state index in [1.165, 1.54) is 24.3 Å². The number of hydrogen-bond acceptors (Lipinski definition) is 5. The number of allylic oxidation sites excluding steroid dienone is 4. The summed E-state index contributed by atoms with van der Waals surface area (Å²) in [7, 11) is 0. The summed E-state index contributed by atoms with van der Waals surface area (Å²) in [6.45, 7) is 1.92. The average Bonchev–Trinajstić information content (AvgIpc) is 2.65. The summed E-state index contributed by atoms with van der Waals surface area (Å²) in [5.74, 6) is -1.27. The van der Waals surface area contributed by atoms with Crippen LogP contribution in [0.2, 0.25) is 0 Å². The first-order valence-electron chi connectivity index (χ1n) is 8.28. The number of aromatic hydroxyl groups is 1. The Labute approximate surface area is 156 Å². The normalized spacial score (nSPS) is 11.6. The third-order valence-corrected chi connectivity index (χ3v) is 3.74.